The van der Waals surface area contributed by atoms with Crippen LogP contribution in [0.15, 0.2) is 5.38 Å². The lowest BCUT2D eigenvalue weighted by Gasteiger charge is -2.35. The molecule has 1 fully saturated rings. The first kappa shape index (κ1) is 15.7. The molecule has 1 aliphatic heterocycles. The molecule has 0 saturated carbocycles. The maximum atomic E-state index is 12.2. The van der Waals surface area contributed by atoms with E-state index in [2.05, 4.69) is 10.3 Å². The van der Waals surface area contributed by atoms with Gasteiger partial charge >= 0.3 is 12.0 Å². The number of aliphatic hydroxyl groups excluding tert-OH is 1. The Kier molecular flexibility index (Phi) is 5.10. The zero-order valence-electron chi connectivity index (χ0n) is 11.5. The van der Waals surface area contributed by atoms with Gasteiger partial charge in [0, 0.05) is 11.9 Å². The Morgan fingerprint density at radius 2 is 2.43 bits per heavy atom. The number of nitrogens with zero attached hydrogens (tertiary/aromatic N) is 2. The summed E-state index contributed by atoms with van der Waals surface area (Å²) in [6, 6.07) is -1.09. The van der Waals surface area contributed by atoms with Crippen molar-refractivity contribution in [1.29, 1.82) is 0 Å². The molecule has 9 heteroatoms. The van der Waals surface area contributed by atoms with Gasteiger partial charge in [0.2, 0.25) is 0 Å². The van der Waals surface area contributed by atoms with Crippen molar-refractivity contribution in [2.75, 3.05) is 26.4 Å². The molecule has 2 atom stereocenters. The summed E-state index contributed by atoms with van der Waals surface area (Å²) in [5.74, 6) is -1.09. The number of carboxylic acids is 1. The number of hydrogen-bond donors (Lipinski definition) is 3. The number of morpholine rings is 1. The molecule has 8 nitrogen and oxygen atoms in total. The molecule has 1 saturated heterocycles. The van der Waals surface area contributed by atoms with Crippen LogP contribution in [0.3, 0.4) is 0 Å². The fourth-order valence-electron chi connectivity index (χ4n) is 1.99. The van der Waals surface area contributed by atoms with Crippen LogP contribution in [0.25, 0.3) is 0 Å². The molecule has 1 aliphatic rings. The molecule has 116 valence electrons. The highest BCUT2D eigenvalue weighted by atomic mass is 32.1. The van der Waals surface area contributed by atoms with Crippen molar-refractivity contribution in [2.24, 2.45) is 0 Å². The zero-order valence-corrected chi connectivity index (χ0v) is 12.3. The van der Waals surface area contributed by atoms with Gasteiger partial charge in [0.15, 0.2) is 5.69 Å². The third-order valence-corrected chi connectivity index (χ3v) is 4.18. The molecular weight excluding hydrogens is 298 g/mol. The number of aromatic nitrogens is 1. The maximum Gasteiger partial charge on any atom is 0.355 e. The van der Waals surface area contributed by atoms with Crippen molar-refractivity contribution in [2.45, 2.75) is 19.0 Å². The quantitative estimate of drug-likeness (QED) is 0.737. The van der Waals surface area contributed by atoms with Gasteiger partial charge in [-0.15, -0.1) is 11.3 Å². The van der Waals surface area contributed by atoms with Crippen LogP contribution in [0.4, 0.5) is 4.79 Å². The van der Waals surface area contributed by atoms with E-state index in [1.165, 1.54) is 21.6 Å². The second-order valence-corrected chi connectivity index (χ2v) is 5.54. The van der Waals surface area contributed by atoms with Gasteiger partial charge in [-0.25, -0.2) is 14.6 Å². The lowest BCUT2D eigenvalue weighted by molar-refractivity contribution is -0.00803. The molecule has 3 N–H and O–H groups in total. The van der Waals surface area contributed by atoms with Crippen LogP contribution >= 0.6 is 11.3 Å². The van der Waals surface area contributed by atoms with E-state index < -0.39 is 12.0 Å². The Morgan fingerprint density at radius 3 is 3.05 bits per heavy atom. The Labute approximate surface area is 125 Å². The molecule has 0 bridgehead atoms. The number of carbonyl (C=O) groups excluding carboxylic acids is 1. The fourth-order valence-corrected chi connectivity index (χ4v) is 2.79. The Hall–Kier alpha value is -1.71. The van der Waals surface area contributed by atoms with Crippen LogP contribution in [0.2, 0.25) is 0 Å². The second-order valence-electron chi connectivity index (χ2n) is 4.65. The average molecular weight is 315 g/mol. The van der Waals surface area contributed by atoms with Crippen LogP contribution in [-0.2, 0) is 4.74 Å². The first-order chi connectivity index (χ1) is 10.0. The molecule has 1 aromatic rings. The number of carboxylic acid groups (broad SMARTS) is 1. The van der Waals surface area contributed by atoms with Crippen LogP contribution in [0.5, 0.6) is 0 Å². The third kappa shape index (κ3) is 3.69. The van der Waals surface area contributed by atoms with E-state index >= 15 is 0 Å². The summed E-state index contributed by atoms with van der Waals surface area (Å²) in [7, 11) is 0. The molecule has 0 aliphatic carbocycles. The number of amides is 2. The van der Waals surface area contributed by atoms with Crippen LogP contribution in [0.1, 0.15) is 28.5 Å². The van der Waals surface area contributed by atoms with Gasteiger partial charge in [0.05, 0.1) is 31.9 Å². The highest BCUT2D eigenvalue weighted by molar-refractivity contribution is 7.09. The predicted octanol–water partition coefficient (Wildman–Crippen LogP) is 0.305. The molecule has 21 heavy (non-hydrogen) atoms. The number of aromatic carboxylic acids is 1. The number of nitrogens with one attached hydrogen (secondary N) is 1. The Bertz CT molecular complexity index is 521. The molecule has 1 aromatic heterocycles. The molecule has 0 spiro atoms. The molecule has 2 amide bonds. The van der Waals surface area contributed by atoms with Crippen LogP contribution < -0.4 is 5.32 Å². The maximum absolute atomic E-state index is 12.2. The van der Waals surface area contributed by atoms with E-state index in [1.54, 1.807) is 6.92 Å². The summed E-state index contributed by atoms with van der Waals surface area (Å²) < 4.78 is 5.22. The molecule has 2 heterocycles. The smallest absolute Gasteiger partial charge is 0.355 e. The highest BCUT2D eigenvalue weighted by Crippen LogP contribution is 2.19. The first-order valence-corrected chi connectivity index (χ1v) is 7.35. The van der Waals surface area contributed by atoms with E-state index in [1.807, 2.05) is 0 Å². The Balaban J connectivity index is 1.98. The molecule has 2 rings (SSSR count). The fraction of sp³-hybridized carbons (Fsp3) is 0.583. The normalized spacial score (nSPS) is 20.1. The lowest BCUT2D eigenvalue weighted by atomic mass is 10.2. The van der Waals surface area contributed by atoms with E-state index in [0.29, 0.717) is 24.8 Å². The molecule has 0 aromatic carbocycles. The van der Waals surface area contributed by atoms with Gasteiger partial charge in [0.25, 0.3) is 0 Å². The van der Waals surface area contributed by atoms with Crippen molar-refractivity contribution in [1.82, 2.24) is 15.2 Å². The number of hydrogen-bond acceptors (Lipinski definition) is 6. The molecule has 2 unspecified atom stereocenters. The number of thiazole rings is 1. The average Bonchev–Trinajstić information content (AvgIpc) is 2.97. The van der Waals surface area contributed by atoms with Crippen LogP contribution in [0, 0.1) is 0 Å². The van der Waals surface area contributed by atoms with Crippen molar-refractivity contribution in [3.05, 3.63) is 16.1 Å². The standard InChI is InChI=1S/C12H17N3O5S/c1-7(10-14-9(6-21-10)11(17)18)13-12(19)15-2-3-20-5-8(15)4-16/h6-8,16H,2-5H2,1H3,(H,13,19)(H,17,18). The lowest BCUT2D eigenvalue weighted by Crippen LogP contribution is -2.54. The topological polar surface area (TPSA) is 112 Å². The summed E-state index contributed by atoms with van der Waals surface area (Å²) >= 11 is 1.18. The second kappa shape index (κ2) is 6.83. The predicted molar refractivity (Wildman–Crippen MR) is 74.4 cm³/mol. The van der Waals surface area contributed by atoms with Gasteiger partial charge in [0.1, 0.15) is 5.01 Å². The van der Waals surface area contributed by atoms with Crippen molar-refractivity contribution in [3.63, 3.8) is 0 Å². The van der Waals surface area contributed by atoms with Gasteiger partial charge in [-0.05, 0) is 6.92 Å². The summed E-state index contributed by atoms with van der Waals surface area (Å²) in [5.41, 5.74) is -0.0318. The van der Waals surface area contributed by atoms with E-state index in [4.69, 9.17) is 9.84 Å². The number of carbonyl (C=O) groups is 2. The van der Waals surface area contributed by atoms with Crippen LogP contribution in [-0.4, -0.2) is 64.5 Å². The third-order valence-electron chi connectivity index (χ3n) is 3.15. The van der Waals surface area contributed by atoms with Crippen molar-refractivity contribution in [3.8, 4) is 0 Å². The minimum Gasteiger partial charge on any atom is -0.476 e. The summed E-state index contributed by atoms with van der Waals surface area (Å²) in [6.07, 6.45) is 0. The molecular formula is C12H17N3O5S. The van der Waals surface area contributed by atoms with Gasteiger partial charge < -0.3 is 25.2 Å². The number of ether oxygens (including phenoxy) is 1. The van der Waals surface area contributed by atoms with Gasteiger partial charge in [-0.1, -0.05) is 0 Å². The minimum atomic E-state index is -1.09. The number of urea groups is 1. The van der Waals surface area contributed by atoms with Gasteiger partial charge in [-0.3, -0.25) is 0 Å². The summed E-state index contributed by atoms with van der Waals surface area (Å²) in [6.45, 7) is 2.71. The first-order valence-electron chi connectivity index (χ1n) is 6.47. The monoisotopic (exact) mass is 315 g/mol. The van der Waals surface area contributed by atoms with Crippen molar-refractivity contribution < 1.29 is 24.5 Å². The molecule has 0 radical (unpaired) electrons. The largest absolute Gasteiger partial charge is 0.476 e. The van der Waals surface area contributed by atoms with Gasteiger partial charge in [-0.2, -0.15) is 0 Å². The summed E-state index contributed by atoms with van der Waals surface area (Å²) in [4.78, 5) is 28.5. The minimum absolute atomic E-state index is 0.0318. The van der Waals surface area contributed by atoms with E-state index in [-0.39, 0.29) is 24.4 Å². The highest BCUT2D eigenvalue weighted by Gasteiger charge is 2.28. The van der Waals surface area contributed by atoms with Crippen molar-refractivity contribution >= 4 is 23.3 Å². The Morgan fingerprint density at radius 1 is 1.67 bits per heavy atom. The van der Waals surface area contributed by atoms with E-state index in [9.17, 15) is 14.7 Å². The SMILES string of the molecule is CC(NC(=O)N1CCOCC1CO)c1nc(C(=O)O)cs1. The summed E-state index contributed by atoms with van der Waals surface area (Å²) in [5, 5.41) is 22.8. The number of aliphatic hydroxyl groups is 1. The number of rotatable bonds is 4. The zero-order chi connectivity index (χ0) is 15.4. The van der Waals surface area contributed by atoms with E-state index in [0.717, 1.165) is 0 Å².